The van der Waals surface area contributed by atoms with E-state index in [4.69, 9.17) is 9.72 Å². The number of morpholine rings is 1. The van der Waals surface area contributed by atoms with E-state index in [1.54, 1.807) is 0 Å². The van der Waals surface area contributed by atoms with Gasteiger partial charge in [-0.05, 0) is 26.7 Å². The first-order chi connectivity index (χ1) is 13.9. The van der Waals surface area contributed by atoms with Crippen molar-refractivity contribution in [1.82, 2.24) is 19.8 Å². The molecule has 3 aliphatic rings. The predicted octanol–water partition coefficient (Wildman–Crippen LogP) is 0.920. The van der Waals surface area contributed by atoms with E-state index in [9.17, 15) is 4.79 Å². The Balaban J connectivity index is 1.43. The smallest absolute Gasteiger partial charge is 0.230 e. The highest BCUT2D eigenvalue weighted by atomic mass is 16.5. The van der Waals surface area contributed by atoms with Crippen molar-refractivity contribution >= 4 is 17.7 Å². The molecule has 1 amide bonds. The first-order valence-electron chi connectivity index (χ1n) is 10.8. The zero-order valence-electron chi connectivity index (χ0n) is 18.3. The number of nitrogens with zero attached hydrogens (tertiary/aromatic N) is 6. The van der Waals surface area contributed by atoms with Crippen LogP contribution in [0.5, 0.6) is 0 Å². The van der Waals surface area contributed by atoms with E-state index < -0.39 is 0 Å². The van der Waals surface area contributed by atoms with E-state index in [-0.39, 0.29) is 5.41 Å². The van der Waals surface area contributed by atoms with Crippen LogP contribution in [-0.4, -0.2) is 98.8 Å². The van der Waals surface area contributed by atoms with Gasteiger partial charge in [-0.3, -0.25) is 9.69 Å². The molecule has 0 N–H and O–H groups in total. The van der Waals surface area contributed by atoms with Gasteiger partial charge in [-0.2, -0.15) is 4.98 Å². The van der Waals surface area contributed by atoms with Crippen molar-refractivity contribution in [3.63, 3.8) is 0 Å². The molecule has 8 heteroatoms. The van der Waals surface area contributed by atoms with E-state index in [0.29, 0.717) is 5.91 Å². The maximum atomic E-state index is 13.3. The molecule has 1 unspecified atom stereocenters. The van der Waals surface area contributed by atoms with Crippen LogP contribution in [0.1, 0.15) is 24.1 Å². The lowest BCUT2D eigenvalue weighted by molar-refractivity contribution is -0.135. The van der Waals surface area contributed by atoms with Crippen LogP contribution < -0.4 is 9.80 Å². The Hall–Kier alpha value is -1.93. The lowest BCUT2D eigenvalue weighted by atomic mass is 9.85. The number of anilines is 2. The normalized spacial score (nSPS) is 25.4. The second-order valence-corrected chi connectivity index (χ2v) is 8.90. The Morgan fingerprint density at radius 1 is 1.03 bits per heavy atom. The van der Waals surface area contributed by atoms with E-state index in [1.807, 2.05) is 25.9 Å². The van der Waals surface area contributed by atoms with Gasteiger partial charge in [-0.1, -0.05) is 0 Å². The monoisotopic (exact) mass is 402 g/mol. The maximum absolute atomic E-state index is 13.3. The molecule has 1 atom stereocenters. The average Bonchev–Trinajstić information content (AvgIpc) is 3.28. The lowest BCUT2D eigenvalue weighted by Gasteiger charge is -2.29. The molecule has 0 aliphatic carbocycles. The fourth-order valence-electron chi connectivity index (χ4n) is 4.73. The van der Waals surface area contributed by atoms with Crippen LogP contribution in [0.4, 0.5) is 11.8 Å². The third-order valence-electron chi connectivity index (χ3n) is 6.80. The fraction of sp³-hybridized carbons (Fsp3) is 0.762. The molecular weight excluding hydrogens is 368 g/mol. The summed E-state index contributed by atoms with van der Waals surface area (Å²) < 4.78 is 5.42. The number of aromatic nitrogens is 2. The minimum Gasteiger partial charge on any atom is -0.379 e. The lowest BCUT2D eigenvalue weighted by Crippen LogP contribution is -2.43. The number of likely N-dealkylation sites (tertiary alicyclic amines) is 1. The standard InChI is InChI=1S/C21H34N6O2/c1-16-17(2)22-20(24(3)4)23-18(16)27-8-6-21(15-27)5-7-26(19(21)28)10-9-25-11-13-29-14-12-25/h5-15H2,1-4H3. The summed E-state index contributed by atoms with van der Waals surface area (Å²) in [5.74, 6) is 2.05. The molecule has 0 saturated carbocycles. The van der Waals surface area contributed by atoms with Gasteiger partial charge < -0.3 is 19.4 Å². The van der Waals surface area contributed by atoms with Gasteiger partial charge in [0.2, 0.25) is 11.9 Å². The number of aryl methyl sites for hydroxylation is 1. The molecular formula is C21H34N6O2. The van der Waals surface area contributed by atoms with Crippen molar-refractivity contribution < 1.29 is 9.53 Å². The Kier molecular flexibility index (Phi) is 5.66. The summed E-state index contributed by atoms with van der Waals surface area (Å²) in [6.45, 7) is 12.0. The van der Waals surface area contributed by atoms with Crippen molar-refractivity contribution in [3.05, 3.63) is 11.3 Å². The van der Waals surface area contributed by atoms with Crippen LogP contribution in [0.3, 0.4) is 0 Å². The highest BCUT2D eigenvalue weighted by molar-refractivity contribution is 5.86. The highest BCUT2D eigenvalue weighted by Crippen LogP contribution is 2.42. The van der Waals surface area contributed by atoms with Gasteiger partial charge in [-0.25, -0.2) is 4.98 Å². The van der Waals surface area contributed by atoms with Crippen LogP contribution in [-0.2, 0) is 9.53 Å². The third-order valence-corrected chi connectivity index (χ3v) is 6.80. The molecule has 3 fully saturated rings. The first-order valence-corrected chi connectivity index (χ1v) is 10.8. The molecule has 1 aromatic heterocycles. The van der Waals surface area contributed by atoms with Crippen molar-refractivity contribution in [2.75, 3.05) is 82.9 Å². The summed E-state index contributed by atoms with van der Waals surface area (Å²) in [6.07, 6.45) is 1.87. The highest BCUT2D eigenvalue weighted by Gasteiger charge is 2.51. The van der Waals surface area contributed by atoms with E-state index in [1.165, 1.54) is 0 Å². The minimum atomic E-state index is -0.241. The maximum Gasteiger partial charge on any atom is 0.230 e. The summed E-state index contributed by atoms with van der Waals surface area (Å²) >= 11 is 0. The Labute approximate surface area is 173 Å². The molecule has 0 aromatic carbocycles. The van der Waals surface area contributed by atoms with Gasteiger partial charge in [-0.15, -0.1) is 0 Å². The molecule has 160 valence electrons. The second-order valence-electron chi connectivity index (χ2n) is 8.90. The van der Waals surface area contributed by atoms with Crippen LogP contribution in [0.2, 0.25) is 0 Å². The van der Waals surface area contributed by atoms with Crippen molar-refractivity contribution in [3.8, 4) is 0 Å². The van der Waals surface area contributed by atoms with Gasteiger partial charge in [0.05, 0.1) is 18.6 Å². The third kappa shape index (κ3) is 3.92. The number of carbonyl (C=O) groups is 1. The van der Waals surface area contributed by atoms with Gasteiger partial charge in [0.25, 0.3) is 0 Å². The molecule has 0 radical (unpaired) electrons. The predicted molar refractivity (Wildman–Crippen MR) is 114 cm³/mol. The number of hydrogen-bond acceptors (Lipinski definition) is 7. The average molecular weight is 403 g/mol. The zero-order valence-corrected chi connectivity index (χ0v) is 18.3. The summed E-state index contributed by atoms with van der Waals surface area (Å²) in [7, 11) is 3.93. The Morgan fingerprint density at radius 2 is 1.76 bits per heavy atom. The van der Waals surface area contributed by atoms with Crippen LogP contribution >= 0.6 is 0 Å². The molecule has 1 spiro atoms. The van der Waals surface area contributed by atoms with Gasteiger partial charge >= 0.3 is 0 Å². The summed E-state index contributed by atoms with van der Waals surface area (Å²) in [4.78, 5) is 31.5. The van der Waals surface area contributed by atoms with E-state index in [2.05, 4.69) is 26.6 Å². The number of carbonyl (C=O) groups excluding carboxylic acids is 1. The molecule has 3 saturated heterocycles. The Bertz CT molecular complexity index is 764. The summed E-state index contributed by atoms with van der Waals surface area (Å²) in [5, 5.41) is 0. The molecule has 1 aromatic rings. The van der Waals surface area contributed by atoms with E-state index >= 15 is 0 Å². The fourth-order valence-corrected chi connectivity index (χ4v) is 4.73. The van der Waals surface area contributed by atoms with Gasteiger partial charge in [0.1, 0.15) is 5.82 Å². The minimum absolute atomic E-state index is 0.241. The van der Waals surface area contributed by atoms with Crippen molar-refractivity contribution in [1.29, 1.82) is 0 Å². The molecule has 0 bridgehead atoms. The van der Waals surface area contributed by atoms with E-state index in [0.717, 1.165) is 94.9 Å². The van der Waals surface area contributed by atoms with Crippen molar-refractivity contribution in [2.24, 2.45) is 5.41 Å². The molecule has 29 heavy (non-hydrogen) atoms. The molecule has 4 rings (SSSR count). The SMILES string of the molecule is Cc1nc(N(C)C)nc(N2CCC3(CCN(CCN4CCOCC4)C3=O)C2)c1C. The van der Waals surface area contributed by atoms with Crippen LogP contribution in [0.15, 0.2) is 0 Å². The Morgan fingerprint density at radius 3 is 2.48 bits per heavy atom. The number of amides is 1. The number of ether oxygens (including phenoxy) is 1. The van der Waals surface area contributed by atoms with Gasteiger partial charge in [0.15, 0.2) is 0 Å². The summed E-state index contributed by atoms with van der Waals surface area (Å²) in [6, 6.07) is 0. The van der Waals surface area contributed by atoms with Gasteiger partial charge in [0, 0.05) is 71.2 Å². The zero-order chi connectivity index (χ0) is 20.6. The van der Waals surface area contributed by atoms with Crippen LogP contribution in [0.25, 0.3) is 0 Å². The number of rotatable bonds is 5. The molecule has 3 aliphatic heterocycles. The molecule has 8 nitrogen and oxygen atoms in total. The van der Waals surface area contributed by atoms with Crippen molar-refractivity contribution in [2.45, 2.75) is 26.7 Å². The molecule has 4 heterocycles. The summed E-state index contributed by atoms with van der Waals surface area (Å²) in [5.41, 5.74) is 1.88. The quantitative estimate of drug-likeness (QED) is 0.726. The topological polar surface area (TPSA) is 65.0 Å². The first kappa shape index (κ1) is 20.3. The largest absolute Gasteiger partial charge is 0.379 e. The second kappa shape index (κ2) is 8.07. The van der Waals surface area contributed by atoms with Crippen LogP contribution in [0, 0.1) is 19.3 Å². The number of hydrogen-bond donors (Lipinski definition) is 0.